The van der Waals surface area contributed by atoms with Crippen molar-refractivity contribution in [2.45, 2.75) is 138 Å². The van der Waals surface area contributed by atoms with Gasteiger partial charge in [-0.25, -0.2) is 4.98 Å². The van der Waals surface area contributed by atoms with Gasteiger partial charge in [-0.3, -0.25) is 59.8 Å². The molecule has 0 aliphatic rings. The molecule has 13 heterocycles. The Morgan fingerprint density at radius 2 is 0.463 bits per heavy atom. The summed E-state index contributed by atoms with van der Waals surface area (Å²) in [6, 6.07) is 99.0. The molecule has 0 fully saturated rings. The quantitative estimate of drug-likeness (QED) is 0.164. The van der Waals surface area contributed by atoms with Crippen molar-refractivity contribution in [3.05, 3.63) is 390 Å². The summed E-state index contributed by atoms with van der Waals surface area (Å²) in [6.45, 7) is 40.0. The average Bonchev–Trinajstić information content (AvgIpc) is 0.803. The van der Waals surface area contributed by atoms with Crippen LogP contribution in [0.3, 0.4) is 0 Å². The summed E-state index contributed by atoms with van der Waals surface area (Å²) in [5, 5.41) is 20.9. The van der Waals surface area contributed by atoms with E-state index in [-0.39, 0.29) is 5.75 Å². The molecule has 0 aliphatic heterocycles. The number of hydrogen-bond donors (Lipinski definition) is 1. The molecule has 0 unspecified atom stereocenters. The summed E-state index contributed by atoms with van der Waals surface area (Å²) in [4.78, 5) is 55.3. The second-order valence-electron chi connectivity index (χ2n) is 22.1. The first-order valence-corrected chi connectivity index (χ1v) is 42.4. The van der Waals surface area contributed by atoms with Gasteiger partial charge in [0.15, 0.2) is 0 Å². The fourth-order valence-electron chi connectivity index (χ4n) is 10.3. The minimum atomic E-state index is 0.239. The van der Waals surface area contributed by atoms with Gasteiger partial charge in [0.2, 0.25) is 0 Å². The molecule has 13 aromatic heterocycles. The number of fused-ring (bicyclic) bond motifs is 8. The largest absolute Gasteiger partial charge is 0.506 e. The van der Waals surface area contributed by atoms with Crippen LogP contribution in [-0.2, 0) is 0 Å². The van der Waals surface area contributed by atoms with Gasteiger partial charge in [0, 0.05) is 119 Å². The topological polar surface area (TPSA) is 188 Å². The van der Waals surface area contributed by atoms with Crippen molar-refractivity contribution in [2.75, 3.05) is 0 Å². The van der Waals surface area contributed by atoms with E-state index in [4.69, 9.17) is 0 Å². The standard InChI is InChI=1S/C18H12N2.C15H11N3.C12H8N2.C10H8N2.C9H7NO.2C9H7N.C5H5N.10C2H6/c1-3-7-15-11-19-17(9-13(15)5-1)18-10-14-6-2-4-8-16(14)12-20-18;1-3-10-16-12(6-1)14-8-5-9-15(18-14)13-7-2-4-11-17-13;1-3-9-5-6-10-4-2-8-14-12(10)11(9)13-7-1;1-3-7-11-9(5-1)10-6-2-4-8-12-10;11-8-5-1-3-7-4-2-6-10-9(7)8;1-2-6-9-8(4-1)5-3-7-10-9;1-2-4-9-7-10-6-5-8(9)3-1;1-2-4-6-5-3-1;10*1-2/h1-12H;1-11H;1-8H;1-8H;1-6,11H;2*1-7H;1-5H;10*1-2H3. The van der Waals surface area contributed by atoms with Crippen LogP contribution in [0.4, 0.5) is 0 Å². The second-order valence-corrected chi connectivity index (χ2v) is 22.1. The molecule has 19 aromatic rings. The highest BCUT2D eigenvalue weighted by atomic mass is 16.3. The lowest BCUT2D eigenvalue weighted by atomic mass is 10.1. The van der Waals surface area contributed by atoms with E-state index in [1.54, 1.807) is 67.9 Å². The maximum absolute atomic E-state index is 9.31. The van der Waals surface area contributed by atoms with Gasteiger partial charge in [-0.2, -0.15) is 0 Å². The maximum atomic E-state index is 9.31. The first-order valence-electron chi connectivity index (χ1n) is 42.4. The zero-order valence-corrected chi connectivity index (χ0v) is 74.7. The van der Waals surface area contributed by atoms with E-state index in [1.807, 2.05) is 376 Å². The van der Waals surface area contributed by atoms with Gasteiger partial charge in [-0.1, -0.05) is 314 Å². The molecule has 121 heavy (non-hydrogen) atoms. The first-order chi connectivity index (χ1) is 60.1. The number of phenolic OH excluding ortho intramolecular Hbond substituents is 1. The number of para-hydroxylation sites is 2. The number of benzene rings is 6. The third-order valence-electron chi connectivity index (χ3n) is 15.3. The number of pyridine rings is 13. The Labute approximate surface area is 721 Å². The van der Waals surface area contributed by atoms with Crippen LogP contribution in [0.5, 0.6) is 5.75 Å². The van der Waals surface area contributed by atoms with Gasteiger partial charge < -0.3 is 5.11 Å². The summed E-state index contributed by atoms with van der Waals surface area (Å²) in [5.41, 5.74) is 10.8. The molecule has 0 saturated heterocycles. The predicted octanol–water partition coefficient (Wildman–Crippen LogP) is 30.3. The maximum Gasteiger partial charge on any atom is 0.141 e. The number of rotatable bonds is 4. The lowest BCUT2D eigenvalue weighted by molar-refractivity contribution is 0.480. The van der Waals surface area contributed by atoms with Crippen LogP contribution in [0.2, 0.25) is 0 Å². The monoisotopic (exact) mass is 1610 g/mol. The number of nitrogens with zero attached hydrogens (tertiary/aromatic N) is 13. The van der Waals surface area contributed by atoms with Crippen LogP contribution in [0, 0.1) is 0 Å². The average molecular weight is 1610 g/mol. The van der Waals surface area contributed by atoms with Gasteiger partial charge in [-0.05, 0) is 149 Å². The Morgan fingerprint density at radius 3 is 0.835 bits per heavy atom. The van der Waals surface area contributed by atoms with E-state index >= 15 is 0 Å². The number of aromatic hydroxyl groups is 1. The fourth-order valence-corrected chi connectivity index (χ4v) is 10.3. The van der Waals surface area contributed by atoms with Crippen LogP contribution in [-0.4, -0.2) is 69.9 Å². The van der Waals surface area contributed by atoms with Crippen LogP contribution < -0.4 is 0 Å². The third kappa shape index (κ3) is 36.1. The number of hydrogen-bond acceptors (Lipinski definition) is 14. The fraction of sp³-hybridized carbons (Fsp3) is 0.187. The molecule has 0 amide bonds. The summed E-state index contributed by atoms with van der Waals surface area (Å²) in [5.74, 6) is 0.239. The third-order valence-corrected chi connectivity index (χ3v) is 15.3. The molecule has 14 heteroatoms. The lowest BCUT2D eigenvalue weighted by Crippen LogP contribution is -1.90. The molecule has 6 aromatic carbocycles. The van der Waals surface area contributed by atoms with Crippen molar-refractivity contribution in [2.24, 2.45) is 0 Å². The zero-order valence-electron chi connectivity index (χ0n) is 74.7. The Morgan fingerprint density at radius 1 is 0.165 bits per heavy atom. The lowest BCUT2D eigenvalue weighted by Gasteiger charge is -2.04. The molecule has 0 saturated carbocycles. The Balaban J connectivity index is 0.000000461. The van der Waals surface area contributed by atoms with Gasteiger partial charge in [-0.15, -0.1) is 0 Å². The molecule has 0 radical (unpaired) electrons. The van der Waals surface area contributed by atoms with Crippen molar-refractivity contribution in [1.82, 2.24) is 64.8 Å². The summed E-state index contributed by atoms with van der Waals surface area (Å²) < 4.78 is 0. The Kier molecular flexibility index (Phi) is 57.0. The smallest absolute Gasteiger partial charge is 0.141 e. The minimum Gasteiger partial charge on any atom is -0.506 e. The van der Waals surface area contributed by atoms with Crippen LogP contribution in [0.25, 0.3) is 121 Å². The molecule has 14 nitrogen and oxygen atoms in total. The van der Waals surface area contributed by atoms with Crippen molar-refractivity contribution in [3.63, 3.8) is 0 Å². The first kappa shape index (κ1) is 103. The normalized spacial score (nSPS) is 9.02. The van der Waals surface area contributed by atoms with E-state index in [9.17, 15) is 5.11 Å². The van der Waals surface area contributed by atoms with Crippen molar-refractivity contribution in [1.29, 1.82) is 0 Å². The molecule has 0 bridgehead atoms. The van der Waals surface area contributed by atoms with E-state index in [1.165, 1.54) is 26.9 Å². The molecule has 19 rings (SSSR count). The van der Waals surface area contributed by atoms with E-state index in [0.29, 0.717) is 5.52 Å². The van der Waals surface area contributed by atoms with Crippen LogP contribution in [0.1, 0.15) is 138 Å². The summed E-state index contributed by atoms with van der Waals surface area (Å²) in [7, 11) is 0. The van der Waals surface area contributed by atoms with Crippen molar-refractivity contribution < 1.29 is 5.11 Å². The van der Waals surface area contributed by atoms with Crippen molar-refractivity contribution in [3.8, 4) is 51.3 Å². The molecule has 0 aliphatic carbocycles. The molecule has 0 atom stereocenters. The van der Waals surface area contributed by atoms with E-state index in [0.717, 1.165) is 89.0 Å². The van der Waals surface area contributed by atoms with Gasteiger partial charge in [0.1, 0.15) is 11.3 Å². The summed E-state index contributed by atoms with van der Waals surface area (Å²) in [6.07, 6.45) is 25.1. The molecule has 624 valence electrons. The molecule has 0 spiro atoms. The van der Waals surface area contributed by atoms with Crippen LogP contribution in [0.15, 0.2) is 390 Å². The highest BCUT2D eigenvalue weighted by Crippen LogP contribution is 2.26. The van der Waals surface area contributed by atoms with Gasteiger partial charge >= 0.3 is 0 Å². The minimum absolute atomic E-state index is 0.239. The van der Waals surface area contributed by atoms with Crippen molar-refractivity contribution >= 4 is 75.9 Å². The van der Waals surface area contributed by atoms with Gasteiger partial charge in [0.05, 0.1) is 62.1 Å². The van der Waals surface area contributed by atoms with Crippen LogP contribution >= 0.6 is 0 Å². The second kappa shape index (κ2) is 67.0. The summed E-state index contributed by atoms with van der Waals surface area (Å²) >= 11 is 0. The Bertz CT molecular complexity index is 5260. The number of phenols is 1. The van der Waals surface area contributed by atoms with E-state index in [2.05, 4.69) is 150 Å². The molecule has 1 N–H and O–H groups in total. The van der Waals surface area contributed by atoms with Gasteiger partial charge in [0.25, 0.3) is 0 Å². The highest BCUT2D eigenvalue weighted by Gasteiger charge is 2.07. The molecular weight excluding hydrogens is 1480 g/mol. The predicted molar refractivity (Wildman–Crippen MR) is 522 cm³/mol. The zero-order chi connectivity index (χ0) is 88.7. The van der Waals surface area contributed by atoms with E-state index < -0.39 is 0 Å². The molecular formula is C107H125N13O. The highest BCUT2D eigenvalue weighted by molar-refractivity contribution is 6.02. The number of aromatic nitrogens is 13. The SMILES string of the molecule is CC.CC.CC.CC.CC.CC.CC.CC.CC.CC.Oc1cccc2cccnc12.c1ccc(-c2cccc(-c3ccccn3)n2)nc1.c1ccc(-c2ccccn2)nc1.c1ccc2cc(-c3cc4ccccc4cn3)ncc2c1.c1ccc2cnccc2c1.c1ccc2ncccc2c1.c1ccncc1.c1cnc2c(c1)ccc1cccnc12. The Hall–Kier alpha value is -14.1.